The topological polar surface area (TPSA) is 0 Å². The van der Waals surface area contributed by atoms with Gasteiger partial charge in [0.2, 0.25) is 0 Å². The minimum atomic E-state index is -0.208. The highest BCUT2D eigenvalue weighted by molar-refractivity contribution is 5.98. The van der Waals surface area contributed by atoms with Crippen LogP contribution in [0.5, 0.6) is 0 Å². The average Bonchev–Trinajstić information content (AvgIpc) is 3.03. The number of hydrogen-bond acceptors (Lipinski definition) is 0. The molecule has 0 aliphatic heterocycles. The van der Waals surface area contributed by atoms with Gasteiger partial charge in [-0.3, -0.25) is 0 Å². The van der Waals surface area contributed by atoms with Crippen molar-refractivity contribution >= 4 is 39.6 Å². The maximum atomic E-state index is 4.49. The summed E-state index contributed by atoms with van der Waals surface area (Å²) in [5.74, 6) is 0.734. The Kier molecular flexibility index (Phi) is 6.69. The lowest BCUT2D eigenvalue weighted by molar-refractivity contribution is 0.454. The Morgan fingerprint density at radius 2 is 1.76 bits per heavy atom. The molecule has 0 spiro atoms. The van der Waals surface area contributed by atoms with Gasteiger partial charge in [-0.25, -0.2) is 0 Å². The first kappa shape index (κ1) is 27.0. The van der Waals surface area contributed by atoms with Gasteiger partial charge in [-0.05, 0) is 129 Å². The Morgan fingerprint density at radius 3 is 2.52 bits per heavy atom. The van der Waals surface area contributed by atoms with Gasteiger partial charge < -0.3 is 0 Å². The van der Waals surface area contributed by atoms with E-state index in [2.05, 4.69) is 131 Å². The summed E-state index contributed by atoms with van der Waals surface area (Å²) in [5.41, 5.74) is 9.88. The second-order valence-electron chi connectivity index (χ2n) is 12.9. The summed E-state index contributed by atoms with van der Waals surface area (Å²) in [6.07, 6.45) is 24.3. The summed E-state index contributed by atoms with van der Waals surface area (Å²) in [7, 11) is 0. The summed E-state index contributed by atoms with van der Waals surface area (Å²) < 4.78 is 0. The molecule has 210 valence electrons. The Bertz CT molecular complexity index is 2020. The van der Waals surface area contributed by atoms with Gasteiger partial charge in [-0.1, -0.05) is 104 Å². The number of benzene rings is 3. The number of rotatable bonds is 4. The second-order valence-corrected chi connectivity index (χ2v) is 12.9. The minimum absolute atomic E-state index is 0.176. The first-order valence-electron chi connectivity index (χ1n) is 15.9. The van der Waals surface area contributed by atoms with E-state index < -0.39 is 0 Å². The van der Waals surface area contributed by atoms with E-state index in [1.807, 2.05) is 0 Å². The SMILES string of the molecule is C=CC1C(C2=CCCC=C2)=c2ccccc2=C(C2=c3ccc4cc5c(cc4c3=CCC2)C(C)CC=C5)[C@]1(C)/C(C)=C\C. The van der Waals surface area contributed by atoms with Crippen LogP contribution in [0.2, 0.25) is 0 Å². The van der Waals surface area contributed by atoms with Crippen molar-refractivity contribution in [2.24, 2.45) is 11.3 Å². The lowest BCUT2D eigenvalue weighted by Crippen LogP contribution is -2.47. The van der Waals surface area contributed by atoms with E-state index >= 15 is 0 Å². The van der Waals surface area contributed by atoms with Crippen molar-refractivity contribution in [1.29, 1.82) is 0 Å². The maximum Gasteiger partial charge on any atom is 0.0243 e. The highest BCUT2D eigenvalue weighted by atomic mass is 14.5. The molecule has 0 radical (unpaired) electrons. The van der Waals surface area contributed by atoms with Crippen molar-refractivity contribution in [1.82, 2.24) is 0 Å². The Balaban J connectivity index is 1.65. The van der Waals surface area contributed by atoms with E-state index in [1.54, 1.807) is 0 Å². The Labute approximate surface area is 250 Å². The van der Waals surface area contributed by atoms with E-state index in [9.17, 15) is 0 Å². The third kappa shape index (κ3) is 3.95. The average molecular weight is 547 g/mol. The standard InChI is InChI=1S/C42H42/c1-6-28(4)42(5)39(7-2)40(29-16-9-8-10-17-29)34-19-11-12-20-36(34)41(42)35-22-14-21-32-33(35)24-23-31-25-30-18-13-15-27(3)37(30)26-38(31)32/h6-7,9,11-13,16-21,23-27,39H,2,8,10,14-15,22H2,1,3-5H3/b28-6-/t27?,39?,42-/m1/s1. The molecule has 0 fully saturated rings. The molecule has 0 nitrogen and oxygen atoms in total. The first-order valence-corrected chi connectivity index (χ1v) is 15.9. The zero-order valence-electron chi connectivity index (χ0n) is 25.6. The fourth-order valence-corrected chi connectivity index (χ4v) is 8.31. The molecule has 42 heavy (non-hydrogen) atoms. The van der Waals surface area contributed by atoms with E-state index in [-0.39, 0.29) is 11.3 Å². The molecule has 2 unspecified atom stereocenters. The van der Waals surface area contributed by atoms with Crippen LogP contribution in [0.15, 0.2) is 103 Å². The summed E-state index contributed by atoms with van der Waals surface area (Å²) in [6.45, 7) is 13.9. The van der Waals surface area contributed by atoms with E-state index in [1.165, 1.54) is 70.6 Å². The zero-order chi connectivity index (χ0) is 29.0. The lowest BCUT2D eigenvalue weighted by Gasteiger charge is -2.45. The quantitative estimate of drug-likeness (QED) is 0.290. The first-order chi connectivity index (χ1) is 20.5. The summed E-state index contributed by atoms with van der Waals surface area (Å²) in [6, 6.07) is 18.9. The van der Waals surface area contributed by atoms with Gasteiger partial charge in [0, 0.05) is 11.3 Å². The molecule has 4 aliphatic rings. The third-order valence-electron chi connectivity index (χ3n) is 10.7. The van der Waals surface area contributed by atoms with E-state index in [0.717, 1.165) is 32.1 Å². The van der Waals surface area contributed by atoms with Crippen LogP contribution in [0.4, 0.5) is 0 Å². The van der Waals surface area contributed by atoms with Gasteiger partial charge in [-0.2, -0.15) is 0 Å². The van der Waals surface area contributed by atoms with Crippen LogP contribution in [0.3, 0.4) is 0 Å². The van der Waals surface area contributed by atoms with Crippen molar-refractivity contribution in [2.45, 2.75) is 65.7 Å². The summed E-state index contributed by atoms with van der Waals surface area (Å²) in [4.78, 5) is 0. The molecule has 0 heterocycles. The molecule has 3 aromatic carbocycles. The largest absolute Gasteiger partial charge is 0.102 e. The van der Waals surface area contributed by atoms with Crippen LogP contribution >= 0.6 is 0 Å². The molecule has 0 bridgehead atoms. The van der Waals surface area contributed by atoms with Gasteiger partial charge >= 0.3 is 0 Å². The van der Waals surface area contributed by atoms with Crippen LogP contribution in [-0.4, -0.2) is 0 Å². The molecular weight excluding hydrogens is 504 g/mol. The predicted molar refractivity (Wildman–Crippen MR) is 183 cm³/mol. The van der Waals surface area contributed by atoms with Gasteiger partial charge in [0.1, 0.15) is 0 Å². The van der Waals surface area contributed by atoms with Gasteiger partial charge in [0.25, 0.3) is 0 Å². The van der Waals surface area contributed by atoms with Crippen LogP contribution in [0.1, 0.15) is 76.8 Å². The Morgan fingerprint density at radius 1 is 0.929 bits per heavy atom. The van der Waals surface area contributed by atoms with Gasteiger partial charge in [0.15, 0.2) is 0 Å². The van der Waals surface area contributed by atoms with Crippen molar-refractivity contribution in [2.75, 3.05) is 0 Å². The van der Waals surface area contributed by atoms with E-state index in [0.29, 0.717) is 5.92 Å². The molecule has 0 amide bonds. The van der Waals surface area contributed by atoms with Crippen LogP contribution in [-0.2, 0) is 0 Å². The molecule has 4 aliphatic carbocycles. The van der Waals surface area contributed by atoms with Crippen molar-refractivity contribution in [3.8, 4) is 0 Å². The maximum absolute atomic E-state index is 4.49. The van der Waals surface area contributed by atoms with Gasteiger partial charge in [0.05, 0.1) is 0 Å². The van der Waals surface area contributed by atoms with Crippen molar-refractivity contribution in [3.63, 3.8) is 0 Å². The van der Waals surface area contributed by atoms with Crippen molar-refractivity contribution in [3.05, 3.63) is 135 Å². The zero-order valence-corrected chi connectivity index (χ0v) is 25.6. The highest BCUT2D eigenvalue weighted by Crippen LogP contribution is 2.53. The van der Waals surface area contributed by atoms with Crippen LogP contribution < -0.4 is 20.9 Å². The minimum Gasteiger partial charge on any atom is -0.102 e. The third-order valence-corrected chi connectivity index (χ3v) is 10.7. The smallest absolute Gasteiger partial charge is 0.0243 e. The molecule has 0 saturated carbocycles. The summed E-state index contributed by atoms with van der Waals surface area (Å²) in [5, 5.41) is 8.35. The van der Waals surface area contributed by atoms with Crippen molar-refractivity contribution < 1.29 is 0 Å². The molecule has 0 aromatic heterocycles. The Hall–Kier alpha value is -3.90. The molecule has 0 heteroatoms. The predicted octanol–water partition coefficient (Wildman–Crippen LogP) is 8.15. The molecule has 7 rings (SSSR count). The van der Waals surface area contributed by atoms with Gasteiger partial charge in [-0.15, -0.1) is 6.58 Å². The monoisotopic (exact) mass is 546 g/mol. The highest BCUT2D eigenvalue weighted by Gasteiger charge is 2.44. The molecule has 3 aromatic rings. The number of allylic oxidation sites excluding steroid dienone is 8. The molecule has 0 saturated heterocycles. The molecule has 3 atom stereocenters. The van der Waals surface area contributed by atoms with E-state index in [4.69, 9.17) is 0 Å². The normalized spacial score (nSPS) is 25.0. The van der Waals surface area contributed by atoms with Crippen LogP contribution in [0.25, 0.3) is 39.6 Å². The fraction of sp³-hybridized carbons (Fsp3) is 0.286. The second kappa shape index (κ2) is 10.4. The molecular formula is C42H42. The molecule has 0 N–H and O–H groups in total. The number of hydrogen-bond donors (Lipinski definition) is 0. The summed E-state index contributed by atoms with van der Waals surface area (Å²) >= 11 is 0. The lowest BCUT2D eigenvalue weighted by atomic mass is 9.58. The number of fused-ring (bicyclic) bond motifs is 5. The fourth-order valence-electron chi connectivity index (χ4n) is 8.31. The van der Waals surface area contributed by atoms with Crippen LogP contribution in [0, 0.1) is 11.3 Å².